The summed E-state index contributed by atoms with van der Waals surface area (Å²) in [5, 5.41) is 34.7. The first-order valence-electron chi connectivity index (χ1n) is 16.3. The molecule has 0 aliphatic carbocycles. The second-order valence-corrected chi connectivity index (χ2v) is 11.0. The van der Waals surface area contributed by atoms with E-state index in [2.05, 4.69) is 83.4 Å². The Balaban J connectivity index is 0. The summed E-state index contributed by atoms with van der Waals surface area (Å²) in [5.74, 6) is -3.57. The van der Waals surface area contributed by atoms with Crippen LogP contribution in [0.5, 0.6) is 0 Å². The van der Waals surface area contributed by atoms with Crippen LogP contribution in [0.25, 0.3) is 43.6 Å². The van der Waals surface area contributed by atoms with E-state index in [9.17, 15) is 29.7 Å². The standard InChI is InChI=1S/2C12H8N2.3C6H5NO2.Nd.5H2O/c2*1-3-9-5-6-10-4-2-8-14-12(10)11(9)13-7-1;3*8-6(9)5-2-1-3-7-4-5;;;;;;/h2*1-8H;3*1-4H,(H,8,9);;5*1H2/q;;;;;+3;;;;;/p-1. The van der Waals surface area contributed by atoms with Gasteiger partial charge in [0.1, 0.15) is 0 Å². The fourth-order valence-electron chi connectivity index (χ4n) is 4.81. The van der Waals surface area contributed by atoms with Gasteiger partial charge in [0, 0.05) is 100 Å². The average molecular weight is 963 g/mol. The summed E-state index contributed by atoms with van der Waals surface area (Å²) >= 11 is 0. The van der Waals surface area contributed by atoms with Gasteiger partial charge in [0.05, 0.1) is 40.0 Å². The Morgan fingerprint density at radius 1 is 0.344 bits per heavy atom. The number of aromatic carboxylic acids is 3. The molecule has 0 atom stereocenters. The van der Waals surface area contributed by atoms with E-state index >= 15 is 0 Å². The molecule has 0 amide bonds. The summed E-state index contributed by atoms with van der Waals surface area (Å²) in [6, 6.07) is 33.2. The number of carbonyl (C=O) groups is 3. The molecule has 0 aliphatic rings. The van der Waals surface area contributed by atoms with Crippen molar-refractivity contribution in [2.24, 2.45) is 0 Å². The molecule has 9 aromatic rings. The molecule has 7 heterocycles. The molecule has 19 heteroatoms. The molecule has 0 spiro atoms. The van der Waals surface area contributed by atoms with Crippen molar-refractivity contribution in [1.29, 1.82) is 0 Å². The van der Waals surface area contributed by atoms with Crippen LogP contribution in [0.1, 0.15) is 31.1 Å². The number of rotatable bonds is 3. The van der Waals surface area contributed by atoms with Crippen LogP contribution in [0.15, 0.2) is 171 Å². The molecule has 18 nitrogen and oxygen atoms in total. The van der Waals surface area contributed by atoms with Crippen molar-refractivity contribution >= 4 is 61.5 Å². The molecule has 0 saturated carbocycles. The van der Waals surface area contributed by atoms with Gasteiger partial charge < -0.3 is 57.1 Å². The van der Waals surface area contributed by atoms with E-state index in [4.69, 9.17) is 0 Å². The Morgan fingerprint density at radius 3 is 0.721 bits per heavy atom. The molecule has 61 heavy (non-hydrogen) atoms. The van der Waals surface area contributed by atoms with Gasteiger partial charge in [0.25, 0.3) is 0 Å². The van der Waals surface area contributed by atoms with Crippen LogP contribution in [0, 0.1) is 40.8 Å². The first-order valence-corrected chi connectivity index (χ1v) is 16.3. The summed E-state index contributed by atoms with van der Waals surface area (Å²) in [5.41, 5.74) is 4.24. The number of pyridine rings is 7. The van der Waals surface area contributed by atoms with Gasteiger partial charge in [-0.05, 0) is 42.5 Å². The van der Waals surface area contributed by atoms with Crippen molar-refractivity contribution in [2.75, 3.05) is 0 Å². The number of hydrogen-bond donors (Lipinski definition) is 0. The third-order valence-corrected chi connectivity index (χ3v) is 7.38. The van der Waals surface area contributed by atoms with Crippen molar-refractivity contribution in [3.8, 4) is 0 Å². The van der Waals surface area contributed by atoms with Crippen LogP contribution in [0.4, 0.5) is 0 Å². The van der Waals surface area contributed by atoms with Crippen LogP contribution in [-0.2, 0) is 11.0 Å². The third-order valence-electron chi connectivity index (χ3n) is 7.38. The minimum Gasteiger partial charge on any atom is -0.545 e. The fraction of sp³-hybridized carbons (Fsp3) is 0. The predicted molar refractivity (Wildman–Crippen MR) is 220 cm³/mol. The van der Waals surface area contributed by atoms with E-state index < -0.39 is 17.9 Å². The number of hydrogen-bond acceptors (Lipinski definition) is 13. The van der Waals surface area contributed by atoms with Crippen molar-refractivity contribution in [3.63, 3.8) is 0 Å². The summed E-state index contributed by atoms with van der Waals surface area (Å²) in [6.07, 6.45) is 15.5. The number of aromatic nitrogens is 7. The van der Waals surface area contributed by atoms with Gasteiger partial charge in [0.2, 0.25) is 0 Å². The number of benzene rings is 2. The van der Waals surface area contributed by atoms with Crippen LogP contribution in [0.3, 0.4) is 0 Å². The van der Waals surface area contributed by atoms with Gasteiger partial charge in [-0.2, -0.15) is 0 Å². The zero-order chi connectivity index (χ0) is 38.8. The smallest absolute Gasteiger partial charge is 0.545 e. The molecule has 0 saturated heterocycles. The number of carbonyl (C=O) groups excluding carboxylic acids is 3. The summed E-state index contributed by atoms with van der Waals surface area (Å²) in [7, 11) is 0. The molecular formula is C42H40N7NdO11+2. The molecular weight excluding hydrogens is 923 g/mol. The van der Waals surface area contributed by atoms with Crippen molar-refractivity contribution in [3.05, 3.63) is 188 Å². The molecule has 7 aromatic heterocycles. The van der Waals surface area contributed by atoms with E-state index in [1.54, 1.807) is 43.0 Å². The predicted octanol–water partition coefficient (Wildman–Crippen LogP) is -0.417. The van der Waals surface area contributed by atoms with Crippen LogP contribution in [0.2, 0.25) is 0 Å². The van der Waals surface area contributed by atoms with Gasteiger partial charge in [-0.15, -0.1) is 0 Å². The maximum Gasteiger partial charge on any atom is 3.00 e. The van der Waals surface area contributed by atoms with Gasteiger partial charge >= 0.3 is 40.8 Å². The largest absolute Gasteiger partial charge is 3.00 e. The second-order valence-electron chi connectivity index (χ2n) is 11.0. The molecule has 0 bridgehead atoms. The van der Waals surface area contributed by atoms with Gasteiger partial charge in [0.15, 0.2) is 0 Å². The second kappa shape index (κ2) is 29.3. The summed E-state index contributed by atoms with van der Waals surface area (Å²) < 4.78 is 0. The molecule has 1 radical (unpaired) electrons. The first kappa shape index (κ1) is 56.2. The van der Waals surface area contributed by atoms with E-state index in [0.717, 1.165) is 43.6 Å². The molecule has 12 N–H and O–H groups in total. The Bertz CT molecular complexity index is 2330. The maximum atomic E-state index is 10.0. The molecule has 0 aliphatic heterocycles. The zero-order valence-electron chi connectivity index (χ0n) is 31.9. The van der Waals surface area contributed by atoms with Crippen LogP contribution in [-0.4, -0.2) is 69.2 Å². The average Bonchev–Trinajstić information content (AvgIpc) is 3.25. The SMILES string of the molecule is O.O.O.O=C([O-])c1cccnc1.O=C([O-])c1cccnc1.O=C([O-])c1cccnc1.[Nd+3].[OH3+].[OH3+].c1cnc2c(c1)ccc1cccnc12.c1cnc2c(c1)ccc1cccnc12. The van der Waals surface area contributed by atoms with Crippen molar-refractivity contribution < 1.29 is 97.9 Å². The first-order chi connectivity index (χ1) is 26.8. The summed E-state index contributed by atoms with van der Waals surface area (Å²) in [4.78, 5) is 58.3. The zero-order valence-corrected chi connectivity index (χ0v) is 35.1. The Morgan fingerprint density at radius 2 is 0.557 bits per heavy atom. The van der Waals surface area contributed by atoms with Crippen molar-refractivity contribution in [2.45, 2.75) is 0 Å². The number of nitrogens with zero attached hydrogens (tertiary/aromatic N) is 7. The van der Waals surface area contributed by atoms with E-state index in [-0.39, 0.29) is 84.9 Å². The van der Waals surface area contributed by atoms with E-state index in [0.29, 0.717) is 0 Å². The molecule has 0 unspecified atom stereocenters. The monoisotopic (exact) mass is 960 g/mol. The molecule has 2 aromatic carbocycles. The topological polar surface area (TPSA) is 371 Å². The van der Waals surface area contributed by atoms with Crippen LogP contribution < -0.4 is 15.3 Å². The maximum absolute atomic E-state index is 10.0. The minimum absolute atomic E-state index is 0. The Kier molecular flexibility index (Phi) is 27.0. The molecule has 311 valence electrons. The van der Waals surface area contributed by atoms with Crippen molar-refractivity contribution in [1.82, 2.24) is 34.9 Å². The minimum atomic E-state index is -1.19. The number of carboxylic acid groups (broad SMARTS) is 3. The quantitative estimate of drug-likeness (QED) is 0.161. The Labute approximate surface area is 379 Å². The van der Waals surface area contributed by atoms with Gasteiger partial charge in [-0.1, -0.05) is 66.7 Å². The third kappa shape index (κ3) is 16.7. The Hall–Kier alpha value is -6.91. The van der Waals surface area contributed by atoms with Crippen LogP contribution >= 0.6 is 0 Å². The van der Waals surface area contributed by atoms with E-state index in [1.165, 1.54) is 55.4 Å². The number of fused-ring (bicyclic) bond motifs is 6. The number of carboxylic acids is 3. The normalized spacial score (nSPS) is 8.92. The van der Waals surface area contributed by atoms with Gasteiger partial charge in [-0.25, -0.2) is 0 Å². The van der Waals surface area contributed by atoms with Gasteiger partial charge in [-0.3, -0.25) is 34.9 Å². The molecule has 9 rings (SSSR count). The molecule has 0 fully saturated rings. The van der Waals surface area contributed by atoms with E-state index in [1.807, 2.05) is 24.3 Å². The summed E-state index contributed by atoms with van der Waals surface area (Å²) in [6.45, 7) is 0. The fourth-order valence-corrected chi connectivity index (χ4v) is 4.81.